The van der Waals surface area contributed by atoms with Gasteiger partial charge in [0.1, 0.15) is 18.8 Å². The smallest absolute Gasteiger partial charge is 0.249 e. The van der Waals surface area contributed by atoms with Gasteiger partial charge in [-0.2, -0.15) is 5.10 Å². The molecule has 0 aliphatic carbocycles. The number of benzene rings is 2. The number of para-hydroxylation sites is 1. The molecule has 0 aliphatic rings. The van der Waals surface area contributed by atoms with Crippen LogP contribution in [0.25, 0.3) is 0 Å². The van der Waals surface area contributed by atoms with Gasteiger partial charge < -0.3 is 14.8 Å². The van der Waals surface area contributed by atoms with Gasteiger partial charge in [-0.1, -0.05) is 18.7 Å². The molecule has 0 saturated heterocycles. The van der Waals surface area contributed by atoms with Crippen LogP contribution < -0.4 is 20.2 Å². The summed E-state index contributed by atoms with van der Waals surface area (Å²) in [7, 11) is 1.51. The zero-order valence-electron chi connectivity index (χ0n) is 15.3. The average Bonchev–Trinajstić information content (AvgIpc) is 2.68. The van der Waals surface area contributed by atoms with E-state index in [0.29, 0.717) is 22.7 Å². The lowest BCUT2D eigenvalue weighted by Crippen LogP contribution is -2.24. The largest absolute Gasteiger partial charge is 0.493 e. The number of amides is 2. The van der Waals surface area contributed by atoms with Crippen molar-refractivity contribution in [2.45, 2.75) is 6.42 Å². The first-order valence-electron chi connectivity index (χ1n) is 8.31. The fourth-order valence-corrected chi connectivity index (χ4v) is 2.19. The van der Waals surface area contributed by atoms with E-state index in [1.54, 1.807) is 24.3 Å². The summed E-state index contributed by atoms with van der Waals surface area (Å²) in [5.74, 6) is -0.602. The molecule has 28 heavy (non-hydrogen) atoms. The molecule has 0 saturated carbocycles. The van der Waals surface area contributed by atoms with Crippen molar-refractivity contribution in [1.29, 1.82) is 0 Å². The first-order chi connectivity index (χ1) is 13.5. The molecule has 2 N–H and O–H groups in total. The van der Waals surface area contributed by atoms with Gasteiger partial charge in [-0.15, -0.1) is 0 Å². The van der Waals surface area contributed by atoms with Gasteiger partial charge >= 0.3 is 0 Å². The van der Waals surface area contributed by atoms with Gasteiger partial charge in [0.05, 0.1) is 13.3 Å². The SMILES string of the molecule is C=CCOc1c(C=NNC(=O)CC(=O)Nc2ccc(F)cc2)cccc1OC. The van der Waals surface area contributed by atoms with E-state index in [1.807, 2.05) is 0 Å². The summed E-state index contributed by atoms with van der Waals surface area (Å²) in [6, 6.07) is 10.4. The van der Waals surface area contributed by atoms with Crippen molar-refractivity contribution in [3.63, 3.8) is 0 Å². The lowest BCUT2D eigenvalue weighted by atomic mass is 10.2. The third kappa shape index (κ3) is 6.24. The van der Waals surface area contributed by atoms with Crippen LogP contribution in [0.4, 0.5) is 10.1 Å². The zero-order chi connectivity index (χ0) is 20.4. The normalized spacial score (nSPS) is 10.4. The Morgan fingerprint density at radius 1 is 1.18 bits per heavy atom. The van der Waals surface area contributed by atoms with E-state index >= 15 is 0 Å². The first kappa shape index (κ1) is 20.6. The van der Waals surface area contributed by atoms with Crippen LogP contribution >= 0.6 is 0 Å². The fourth-order valence-electron chi connectivity index (χ4n) is 2.19. The molecule has 8 heteroatoms. The number of hydrogen-bond donors (Lipinski definition) is 2. The molecule has 2 amide bonds. The molecular formula is C20H20FN3O4. The lowest BCUT2D eigenvalue weighted by molar-refractivity contribution is -0.126. The molecule has 0 aliphatic heterocycles. The minimum absolute atomic E-state index is 0.275. The Morgan fingerprint density at radius 2 is 1.93 bits per heavy atom. The topological polar surface area (TPSA) is 89.0 Å². The lowest BCUT2D eigenvalue weighted by Gasteiger charge is -2.11. The third-order valence-corrected chi connectivity index (χ3v) is 3.42. The maximum absolute atomic E-state index is 12.8. The highest BCUT2D eigenvalue weighted by Crippen LogP contribution is 2.30. The highest BCUT2D eigenvalue weighted by atomic mass is 19.1. The highest BCUT2D eigenvalue weighted by molar-refractivity contribution is 6.03. The van der Waals surface area contributed by atoms with Crippen molar-refractivity contribution in [3.8, 4) is 11.5 Å². The average molecular weight is 385 g/mol. The predicted molar refractivity (Wildman–Crippen MR) is 104 cm³/mol. The summed E-state index contributed by atoms with van der Waals surface area (Å²) in [5.41, 5.74) is 3.24. The van der Waals surface area contributed by atoms with Gasteiger partial charge in [0.25, 0.3) is 0 Å². The molecule has 0 aromatic heterocycles. The number of ether oxygens (including phenoxy) is 2. The Labute approximate surface area is 161 Å². The number of nitrogens with zero attached hydrogens (tertiary/aromatic N) is 1. The zero-order valence-corrected chi connectivity index (χ0v) is 15.3. The first-order valence-corrected chi connectivity index (χ1v) is 8.31. The number of hydrogen-bond acceptors (Lipinski definition) is 5. The van der Waals surface area contributed by atoms with Gasteiger partial charge in [0.15, 0.2) is 11.5 Å². The van der Waals surface area contributed by atoms with Crippen molar-refractivity contribution >= 4 is 23.7 Å². The predicted octanol–water partition coefficient (Wildman–Crippen LogP) is 2.88. The molecule has 0 spiro atoms. The molecule has 0 heterocycles. The van der Waals surface area contributed by atoms with Crippen LogP contribution in [0.2, 0.25) is 0 Å². The number of methoxy groups -OCH3 is 1. The van der Waals surface area contributed by atoms with Crippen molar-refractivity contribution in [3.05, 3.63) is 66.5 Å². The molecule has 2 aromatic carbocycles. The second-order valence-electron chi connectivity index (χ2n) is 5.50. The molecule has 0 radical (unpaired) electrons. The van der Waals surface area contributed by atoms with Crippen LogP contribution in [0.3, 0.4) is 0 Å². The van der Waals surface area contributed by atoms with Crippen LogP contribution in [-0.4, -0.2) is 31.7 Å². The summed E-state index contributed by atoms with van der Waals surface area (Å²) >= 11 is 0. The van der Waals surface area contributed by atoms with Crippen molar-refractivity contribution in [1.82, 2.24) is 5.43 Å². The van der Waals surface area contributed by atoms with Crippen molar-refractivity contribution in [2.24, 2.45) is 5.10 Å². The van der Waals surface area contributed by atoms with E-state index in [4.69, 9.17) is 9.47 Å². The molecule has 0 atom stereocenters. The maximum atomic E-state index is 12.8. The minimum atomic E-state index is -0.604. The van der Waals surface area contributed by atoms with Crippen LogP contribution in [-0.2, 0) is 9.59 Å². The van der Waals surface area contributed by atoms with Crippen molar-refractivity contribution < 1.29 is 23.5 Å². The highest BCUT2D eigenvalue weighted by Gasteiger charge is 2.11. The van der Waals surface area contributed by atoms with E-state index < -0.39 is 24.1 Å². The number of carbonyl (C=O) groups excluding carboxylic acids is 2. The molecule has 0 bridgehead atoms. The summed E-state index contributed by atoms with van der Waals surface area (Å²) in [5, 5.41) is 6.33. The summed E-state index contributed by atoms with van der Waals surface area (Å²) < 4.78 is 23.7. The Balaban J connectivity index is 1.93. The van der Waals surface area contributed by atoms with Gasteiger partial charge in [-0.05, 0) is 36.4 Å². The van der Waals surface area contributed by atoms with Crippen LogP contribution in [0.5, 0.6) is 11.5 Å². The number of halogens is 1. The monoisotopic (exact) mass is 385 g/mol. The summed E-state index contributed by atoms with van der Waals surface area (Å²) in [6.07, 6.45) is 2.54. The van der Waals surface area contributed by atoms with Crippen LogP contribution in [0.15, 0.2) is 60.2 Å². The second kappa shape index (κ2) is 10.5. The van der Waals surface area contributed by atoms with E-state index in [9.17, 15) is 14.0 Å². The van der Waals surface area contributed by atoms with Crippen LogP contribution in [0, 0.1) is 5.82 Å². The van der Waals surface area contributed by atoms with Crippen molar-refractivity contribution in [2.75, 3.05) is 19.0 Å². The number of carbonyl (C=O) groups is 2. The van der Waals surface area contributed by atoms with E-state index in [2.05, 4.69) is 22.4 Å². The molecule has 146 valence electrons. The quantitative estimate of drug-likeness (QED) is 0.301. The summed E-state index contributed by atoms with van der Waals surface area (Å²) in [6.45, 7) is 3.87. The van der Waals surface area contributed by atoms with E-state index in [0.717, 1.165) is 0 Å². The standard InChI is InChI=1S/C20H20FN3O4/c1-3-11-28-20-14(5-4-6-17(20)27-2)13-22-24-19(26)12-18(25)23-16-9-7-15(21)8-10-16/h3-10,13H,1,11-12H2,2H3,(H,23,25)(H,24,26). The number of nitrogens with one attached hydrogen (secondary N) is 2. The Kier molecular flexibility index (Phi) is 7.71. The molecule has 2 rings (SSSR count). The molecule has 7 nitrogen and oxygen atoms in total. The van der Waals surface area contributed by atoms with Crippen LogP contribution in [0.1, 0.15) is 12.0 Å². The molecule has 2 aromatic rings. The van der Waals surface area contributed by atoms with E-state index in [1.165, 1.54) is 37.6 Å². The fraction of sp³-hybridized carbons (Fsp3) is 0.150. The van der Waals surface area contributed by atoms with Gasteiger partial charge in [-0.3, -0.25) is 9.59 Å². The van der Waals surface area contributed by atoms with Gasteiger partial charge in [-0.25, -0.2) is 9.82 Å². The Morgan fingerprint density at radius 3 is 2.61 bits per heavy atom. The second-order valence-corrected chi connectivity index (χ2v) is 5.50. The number of hydrazone groups is 1. The maximum Gasteiger partial charge on any atom is 0.249 e. The Hall–Kier alpha value is -3.68. The molecule has 0 unspecified atom stereocenters. The van der Waals surface area contributed by atoms with Gasteiger partial charge in [0, 0.05) is 11.3 Å². The Bertz CT molecular complexity index is 866. The van der Waals surface area contributed by atoms with E-state index in [-0.39, 0.29) is 6.61 Å². The third-order valence-electron chi connectivity index (χ3n) is 3.42. The number of anilines is 1. The molecule has 0 fully saturated rings. The summed E-state index contributed by atoms with van der Waals surface area (Å²) in [4.78, 5) is 23.7. The van der Waals surface area contributed by atoms with Gasteiger partial charge in [0.2, 0.25) is 11.8 Å². The minimum Gasteiger partial charge on any atom is -0.493 e. The molecular weight excluding hydrogens is 365 g/mol. The number of rotatable bonds is 9.